The lowest BCUT2D eigenvalue weighted by Gasteiger charge is -2.28. The Kier molecular flexibility index (Phi) is 4.43. The summed E-state index contributed by atoms with van der Waals surface area (Å²) in [6.45, 7) is 3.63. The van der Waals surface area contributed by atoms with E-state index in [-0.39, 0.29) is 31.8 Å². The minimum atomic E-state index is -1.49. The van der Waals surface area contributed by atoms with Crippen molar-refractivity contribution in [2.45, 2.75) is 26.7 Å². The monoisotopic (exact) mass is 240 g/mol. The fourth-order valence-electron chi connectivity index (χ4n) is 1.75. The van der Waals surface area contributed by atoms with E-state index in [4.69, 9.17) is 9.47 Å². The lowest BCUT2D eigenvalue weighted by molar-refractivity contribution is -0.173. The maximum atomic E-state index is 11.9. The van der Waals surface area contributed by atoms with Gasteiger partial charge >= 0.3 is 11.9 Å². The number of hydrogen-bond acceptors (Lipinski definition) is 5. The smallest absolute Gasteiger partial charge is 0.324 e. The van der Waals surface area contributed by atoms with Crippen LogP contribution in [-0.4, -0.2) is 30.9 Å². The van der Waals surface area contributed by atoms with Gasteiger partial charge in [-0.25, -0.2) is 0 Å². The molecule has 0 spiro atoms. The molecule has 5 heteroatoms. The van der Waals surface area contributed by atoms with Crippen molar-refractivity contribution in [2.24, 2.45) is 5.41 Å². The van der Waals surface area contributed by atoms with Gasteiger partial charge in [0, 0.05) is 6.42 Å². The van der Waals surface area contributed by atoms with Gasteiger partial charge in [-0.2, -0.15) is 0 Å². The van der Waals surface area contributed by atoms with Gasteiger partial charge in [0.25, 0.3) is 0 Å². The summed E-state index contributed by atoms with van der Waals surface area (Å²) >= 11 is 0. The van der Waals surface area contributed by atoms with E-state index >= 15 is 0 Å². The van der Waals surface area contributed by atoms with E-state index in [9.17, 15) is 14.4 Å². The van der Waals surface area contributed by atoms with E-state index in [1.54, 1.807) is 13.8 Å². The molecule has 0 amide bonds. The van der Waals surface area contributed by atoms with Crippen molar-refractivity contribution in [3.05, 3.63) is 12.2 Å². The van der Waals surface area contributed by atoms with E-state index in [1.165, 1.54) is 12.2 Å². The molecule has 0 aromatic carbocycles. The number of esters is 2. The van der Waals surface area contributed by atoms with Crippen molar-refractivity contribution in [1.82, 2.24) is 0 Å². The first-order valence-electron chi connectivity index (χ1n) is 5.60. The largest absolute Gasteiger partial charge is 0.465 e. The fourth-order valence-corrected chi connectivity index (χ4v) is 1.75. The van der Waals surface area contributed by atoms with E-state index in [1.807, 2.05) is 0 Å². The molecule has 0 unspecified atom stereocenters. The summed E-state index contributed by atoms with van der Waals surface area (Å²) in [7, 11) is 0. The van der Waals surface area contributed by atoms with E-state index in [0.717, 1.165) is 0 Å². The van der Waals surface area contributed by atoms with Crippen molar-refractivity contribution in [2.75, 3.05) is 13.2 Å². The maximum Gasteiger partial charge on any atom is 0.324 e. The van der Waals surface area contributed by atoms with E-state index in [2.05, 4.69) is 0 Å². The van der Waals surface area contributed by atoms with Gasteiger partial charge in [0.2, 0.25) is 0 Å². The molecular formula is C12H16O5. The number of hydrogen-bond donors (Lipinski definition) is 0. The molecule has 1 rings (SSSR count). The first-order valence-corrected chi connectivity index (χ1v) is 5.60. The fraction of sp³-hybridized carbons (Fsp3) is 0.583. The summed E-state index contributed by atoms with van der Waals surface area (Å²) in [5.41, 5.74) is -1.49. The molecular weight excluding hydrogens is 224 g/mol. The molecule has 0 radical (unpaired) electrons. The Morgan fingerprint density at radius 2 is 1.76 bits per heavy atom. The van der Waals surface area contributed by atoms with Crippen LogP contribution in [0.15, 0.2) is 12.2 Å². The molecule has 94 valence electrons. The SMILES string of the molecule is CCOC(=O)C1(C(=O)OCC)CC=CC(=O)C1. The van der Waals surface area contributed by atoms with Crippen LogP contribution in [0.5, 0.6) is 0 Å². The molecule has 0 N–H and O–H groups in total. The average molecular weight is 240 g/mol. The summed E-state index contributed by atoms with van der Waals surface area (Å²) in [5, 5.41) is 0. The lowest BCUT2D eigenvalue weighted by atomic mass is 9.76. The minimum Gasteiger partial charge on any atom is -0.465 e. The normalized spacial score (nSPS) is 17.6. The standard InChI is InChI=1S/C12H16O5/c1-3-16-10(14)12(11(15)17-4-2)7-5-6-9(13)8-12/h5-6H,3-4,7-8H2,1-2H3. The molecule has 0 fully saturated rings. The zero-order valence-corrected chi connectivity index (χ0v) is 10.0. The van der Waals surface area contributed by atoms with Crippen LogP contribution in [0.3, 0.4) is 0 Å². The first-order chi connectivity index (χ1) is 8.06. The summed E-state index contributed by atoms with van der Waals surface area (Å²) < 4.78 is 9.75. The third-order valence-corrected chi connectivity index (χ3v) is 2.58. The van der Waals surface area contributed by atoms with Gasteiger partial charge in [-0.1, -0.05) is 6.08 Å². The summed E-state index contributed by atoms with van der Waals surface area (Å²) in [4.78, 5) is 35.1. The molecule has 0 atom stereocenters. The summed E-state index contributed by atoms with van der Waals surface area (Å²) in [5.74, 6) is -1.63. The zero-order chi connectivity index (χ0) is 12.9. The number of ether oxygens (including phenoxy) is 2. The second kappa shape index (κ2) is 5.61. The van der Waals surface area contributed by atoms with Crippen molar-refractivity contribution < 1.29 is 23.9 Å². The molecule has 0 aromatic heterocycles. The number of carbonyl (C=O) groups excluding carboxylic acids is 3. The molecule has 17 heavy (non-hydrogen) atoms. The molecule has 0 saturated carbocycles. The van der Waals surface area contributed by atoms with E-state index in [0.29, 0.717) is 0 Å². The molecule has 0 bridgehead atoms. The highest BCUT2D eigenvalue weighted by Gasteiger charge is 2.50. The molecule has 1 aliphatic rings. The molecule has 0 heterocycles. The number of ketones is 1. The minimum absolute atomic E-state index is 0.149. The van der Waals surface area contributed by atoms with Gasteiger partial charge in [0.05, 0.1) is 13.2 Å². The average Bonchev–Trinajstić information content (AvgIpc) is 2.29. The quantitative estimate of drug-likeness (QED) is 0.542. The molecule has 0 aliphatic heterocycles. The van der Waals surface area contributed by atoms with E-state index < -0.39 is 17.4 Å². The lowest BCUT2D eigenvalue weighted by Crippen LogP contribution is -2.44. The maximum absolute atomic E-state index is 11.9. The van der Waals surface area contributed by atoms with Gasteiger partial charge in [0.15, 0.2) is 11.2 Å². The Balaban J connectivity index is 3.00. The molecule has 0 saturated heterocycles. The number of carbonyl (C=O) groups is 3. The van der Waals surface area contributed by atoms with Gasteiger partial charge in [-0.3, -0.25) is 14.4 Å². The first kappa shape index (κ1) is 13.4. The summed E-state index contributed by atoms with van der Waals surface area (Å²) in [6, 6.07) is 0. The Bertz CT molecular complexity index is 338. The third kappa shape index (κ3) is 2.72. The Hall–Kier alpha value is -1.65. The number of rotatable bonds is 4. The van der Waals surface area contributed by atoms with Crippen molar-refractivity contribution >= 4 is 17.7 Å². The van der Waals surface area contributed by atoms with Gasteiger partial charge in [-0.15, -0.1) is 0 Å². The van der Waals surface area contributed by atoms with Crippen LogP contribution >= 0.6 is 0 Å². The highest BCUT2D eigenvalue weighted by Crippen LogP contribution is 2.34. The number of allylic oxidation sites excluding steroid dienone is 2. The highest BCUT2D eigenvalue weighted by atomic mass is 16.6. The summed E-state index contributed by atoms with van der Waals surface area (Å²) in [6.07, 6.45) is 2.86. The third-order valence-electron chi connectivity index (χ3n) is 2.58. The predicted octanol–water partition coefficient (Wildman–Crippen LogP) is 1.02. The van der Waals surface area contributed by atoms with Crippen LogP contribution < -0.4 is 0 Å². The highest BCUT2D eigenvalue weighted by molar-refractivity contribution is 6.07. The van der Waals surface area contributed by atoms with Crippen molar-refractivity contribution in [3.8, 4) is 0 Å². The van der Waals surface area contributed by atoms with Crippen LogP contribution in [0.2, 0.25) is 0 Å². The van der Waals surface area contributed by atoms with Gasteiger partial charge < -0.3 is 9.47 Å². The second-order valence-corrected chi connectivity index (χ2v) is 3.77. The van der Waals surface area contributed by atoms with Gasteiger partial charge in [0.1, 0.15) is 0 Å². The Labute approximate surface area is 99.8 Å². The Morgan fingerprint density at radius 3 is 2.18 bits per heavy atom. The van der Waals surface area contributed by atoms with Gasteiger partial charge in [-0.05, 0) is 26.3 Å². The van der Waals surface area contributed by atoms with Crippen LogP contribution in [0.1, 0.15) is 26.7 Å². The molecule has 1 aliphatic carbocycles. The van der Waals surface area contributed by atoms with Crippen LogP contribution in [-0.2, 0) is 23.9 Å². The van der Waals surface area contributed by atoms with Crippen LogP contribution in [0.4, 0.5) is 0 Å². The molecule has 0 aromatic rings. The van der Waals surface area contributed by atoms with Crippen LogP contribution in [0.25, 0.3) is 0 Å². The van der Waals surface area contributed by atoms with Crippen molar-refractivity contribution in [1.29, 1.82) is 0 Å². The van der Waals surface area contributed by atoms with Crippen molar-refractivity contribution in [3.63, 3.8) is 0 Å². The zero-order valence-electron chi connectivity index (χ0n) is 10.0. The molecule has 5 nitrogen and oxygen atoms in total. The topological polar surface area (TPSA) is 69.7 Å². The van der Waals surface area contributed by atoms with Crippen LogP contribution in [0, 0.1) is 5.41 Å². The Morgan fingerprint density at radius 1 is 1.24 bits per heavy atom. The predicted molar refractivity (Wildman–Crippen MR) is 59.1 cm³/mol. The second-order valence-electron chi connectivity index (χ2n) is 3.77.